The summed E-state index contributed by atoms with van der Waals surface area (Å²) in [5.74, 6) is 5.68. The minimum absolute atomic E-state index is 0.0700. The Hall–Kier alpha value is -1.65. The van der Waals surface area contributed by atoms with E-state index in [0.717, 1.165) is 12.1 Å². The zero-order valence-electron chi connectivity index (χ0n) is 11.3. The van der Waals surface area contributed by atoms with Gasteiger partial charge in [-0.2, -0.15) is 5.10 Å². The molecule has 1 aliphatic carbocycles. The molecule has 4 nitrogen and oxygen atoms in total. The summed E-state index contributed by atoms with van der Waals surface area (Å²) in [6.07, 6.45) is 6.56. The summed E-state index contributed by atoms with van der Waals surface area (Å²) in [5.41, 5.74) is 8.21. The molecule has 1 atom stereocenters. The van der Waals surface area contributed by atoms with Crippen LogP contribution in [0.2, 0.25) is 0 Å². The van der Waals surface area contributed by atoms with E-state index in [-0.39, 0.29) is 6.04 Å². The van der Waals surface area contributed by atoms with Crippen molar-refractivity contribution < 1.29 is 0 Å². The number of hydrogen-bond acceptors (Lipinski definition) is 3. The Morgan fingerprint density at radius 1 is 1.32 bits per heavy atom. The summed E-state index contributed by atoms with van der Waals surface area (Å²) in [7, 11) is 1.92. The van der Waals surface area contributed by atoms with Crippen LogP contribution in [0.1, 0.15) is 34.8 Å². The van der Waals surface area contributed by atoms with Gasteiger partial charge in [-0.25, -0.2) is 0 Å². The molecule has 4 heteroatoms. The van der Waals surface area contributed by atoms with Crippen LogP contribution >= 0.6 is 0 Å². The van der Waals surface area contributed by atoms with Gasteiger partial charge in [-0.3, -0.25) is 16.0 Å². The molecule has 0 aliphatic heterocycles. The van der Waals surface area contributed by atoms with Gasteiger partial charge in [0, 0.05) is 13.2 Å². The number of aryl methyl sites for hydroxylation is 3. The van der Waals surface area contributed by atoms with Crippen LogP contribution in [-0.4, -0.2) is 9.78 Å². The largest absolute Gasteiger partial charge is 0.275 e. The second kappa shape index (κ2) is 5.15. The molecule has 2 aromatic rings. The Morgan fingerprint density at radius 2 is 2.16 bits per heavy atom. The minimum Gasteiger partial charge on any atom is -0.275 e. The van der Waals surface area contributed by atoms with Crippen LogP contribution in [-0.2, 0) is 26.3 Å². The van der Waals surface area contributed by atoms with Crippen molar-refractivity contribution in [1.29, 1.82) is 0 Å². The molecule has 3 rings (SSSR count). The van der Waals surface area contributed by atoms with Gasteiger partial charge in [0.15, 0.2) is 0 Å². The fourth-order valence-corrected chi connectivity index (χ4v) is 2.86. The molecule has 3 N–H and O–H groups in total. The van der Waals surface area contributed by atoms with Gasteiger partial charge in [-0.05, 0) is 48.4 Å². The van der Waals surface area contributed by atoms with Crippen molar-refractivity contribution in [3.05, 3.63) is 52.8 Å². The Bertz CT molecular complexity index is 573. The van der Waals surface area contributed by atoms with Crippen LogP contribution in [0, 0.1) is 0 Å². The number of aromatic nitrogens is 2. The van der Waals surface area contributed by atoms with Crippen molar-refractivity contribution in [2.24, 2.45) is 12.9 Å². The molecule has 0 fully saturated rings. The standard InChI is InChI=1S/C15H20N4/c1-19-8-7-14(18-19)15(17-16)10-11-5-6-12-3-2-4-13(12)9-11/h5-9,15,17H,2-4,10,16H2,1H3. The molecular formula is C15H20N4. The van der Waals surface area contributed by atoms with Gasteiger partial charge in [0.2, 0.25) is 0 Å². The molecule has 1 aliphatic rings. The van der Waals surface area contributed by atoms with Gasteiger partial charge in [-0.1, -0.05) is 18.2 Å². The van der Waals surface area contributed by atoms with Crippen molar-refractivity contribution in [2.75, 3.05) is 0 Å². The third-order valence-corrected chi connectivity index (χ3v) is 3.90. The summed E-state index contributed by atoms with van der Waals surface area (Å²) in [4.78, 5) is 0. The highest BCUT2D eigenvalue weighted by atomic mass is 15.3. The average molecular weight is 256 g/mol. The highest BCUT2D eigenvalue weighted by molar-refractivity contribution is 5.35. The van der Waals surface area contributed by atoms with Crippen LogP contribution in [0.25, 0.3) is 0 Å². The Labute approximate surface area is 113 Å². The van der Waals surface area contributed by atoms with Crippen LogP contribution < -0.4 is 11.3 Å². The number of hydrazine groups is 1. The molecule has 0 spiro atoms. The molecular weight excluding hydrogens is 236 g/mol. The highest BCUT2D eigenvalue weighted by Crippen LogP contribution is 2.25. The summed E-state index contributed by atoms with van der Waals surface area (Å²) in [6, 6.07) is 8.90. The summed E-state index contributed by atoms with van der Waals surface area (Å²) < 4.78 is 1.81. The van der Waals surface area contributed by atoms with Crippen LogP contribution in [0.15, 0.2) is 30.5 Å². The van der Waals surface area contributed by atoms with Crippen molar-refractivity contribution in [1.82, 2.24) is 15.2 Å². The molecule has 1 aromatic carbocycles. The van der Waals surface area contributed by atoms with E-state index in [0.29, 0.717) is 0 Å². The zero-order valence-corrected chi connectivity index (χ0v) is 11.3. The molecule has 0 amide bonds. The van der Waals surface area contributed by atoms with E-state index in [1.54, 1.807) is 0 Å². The number of benzene rings is 1. The molecule has 19 heavy (non-hydrogen) atoms. The molecule has 100 valence electrons. The van der Waals surface area contributed by atoms with Crippen LogP contribution in [0.3, 0.4) is 0 Å². The lowest BCUT2D eigenvalue weighted by molar-refractivity contribution is 0.529. The first-order chi connectivity index (χ1) is 9.26. The molecule has 0 radical (unpaired) electrons. The number of nitrogens with two attached hydrogens (primary N) is 1. The van der Waals surface area contributed by atoms with Crippen LogP contribution in [0.5, 0.6) is 0 Å². The average Bonchev–Trinajstić information content (AvgIpc) is 3.04. The number of nitrogens with zero attached hydrogens (tertiary/aromatic N) is 2. The number of fused-ring (bicyclic) bond motifs is 1. The molecule has 0 saturated carbocycles. The first-order valence-corrected chi connectivity index (χ1v) is 6.82. The lowest BCUT2D eigenvalue weighted by Crippen LogP contribution is -2.30. The van der Waals surface area contributed by atoms with Gasteiger partial charge >= 0.3 is 0 Å². The van der Waals surface area contributed by atoms with Gasteiger partial charge < -0.3 is 0 Å². The quantitative estimate of drug-likeness (QED) is 0.646. The van der Waals surface area contributed by atoms with E-state index in [9.17, 15) is 0 Å². The minimum atomic E-state index is 0.0700. The first kappa shape index (κ1) is 12.4. The van der Waals surface area contributed by atoms with Crippen molar-refractivity contribution in [3.63, 3.8) is 0 Å². The first-order valence-electron chi connectivity index (χ1n) is 6.82. The fourth-order valence-electron chi connectivity index (χ4n) is 2.86. The summed E-state index contributed by atoms with van der Waals surface area (Å²) >= 11 is 0. The third-order valence-electron chi connectivity index (χ3n) is 3.90. The smallest absolute Gasteiger partial charge is 0.0810 e. The topological polar surface area (TPSA) is 55.9 Å². The Balaban J connectivity index is 1.79. The van der Waals surface area contributed by atoms with Crippen molar-refractivity contribution in [2.45, 2.75) is 31.7 Å². The van der Waals surface area contributed by atoms with Gasteiger partial charge in [0.05, 0.1) is 11.7 Å². The maximum atomic E-state index is 5.68. The number of hydrogen-bond donors (Lipinski definition) is 2. The zero-order chi connectivity index (χ0) is 13.2. The molecule has 0 bridgehead atoms. The third kappa shape index (κ3) is 2.55. The summed E-state index contributed by atoms with van der Waals surface area (Å²) in [5, 5.41) is 4.42. The van der Waals surface area contributed by atoms with Gasteiger partial charge in [0.25, 0.3) is 0 Å². The van der Waals surface area contributed by atoms with Crippen molar-refractivity contribution in [3.8, 4) is 0 Å². The van der Waals surface area contributed by atoms with E-state index >= 15 is 0 Å². The van der Waals surface area contributed by atoms with Crippen molar-refractivity contribution >= 4 is 0 Å². The highest BCUT2D eigenvalue weighted by Gasteiger charge is 2.16. The maximum absolute atomic E-state index is 5.68. The fraction of sp³-hybridized carbons (Fsp3) is 0.400. The Morgan fingerprint density at radius 3 is 2.89 bits per heavy atom. The van der Waals surface area contributed by atoms with E-state index in [1.165, 1.54) is 36.0 Å². The normalized spacial score (nSPS) is 15.5. The number of rotatable bonds is 4. The second-order valence-electron chi connectivity index (χ2n) is 5.29. The van der Waals surface area contributed by atoms with E-state index in [1.807, 2.05) is 24.0 Å². The monoisotopic (exact) mass is 256 g/mol. The molecule has 1 heterocycles. The van der Waals surface area contributed by atoms with Gasteiger partial charge in [0.1, 0.15) is 0 Å². The molecule has 1 aromatic heterocycles. The maximum Gasteiger partial charge on any atom is 0.0810 e. The SMILES string of the molecule is Cn1ccc(C(Cc2ccc3c(c2)CCC3)NN)n1. The van der Waals surface area contributed by atoms with Crippen LogP contribution in [0.4, 0.5) is 0 Å². The summed E-state index contributed by atoms with van der Waals surface area (Å²) in [6.45, 7) is 0. The predicted molar refractivity (Wildman–Crippen MR) is 75.4 cm³/mol. The van der Waals surface area contributed by atoms with E-state index in [4.69, 9.17) is 5.84 Å². The lowest BCUT2D eigenvalue weighted by Gasteiger charge is -2.14. The van der Waals surface area contributed by atoms with E-state index in [2.05, 4.69) is 28.7 Å². The Kier molecular flexibility index (Phi) is 3.36. The van der Waals surface area contributed by atoms with E-state index < -0.39 is 0 Å². The second-order valence-corrected chi connectivity index (χ2v) is 5.29. The lowest BCUT2D eigenvalue weighted by atomic mass is 10.00. The van der Waals surface area contributed by atoms with Gasteiger partial charge in [-0.15, -0.1) is 0 Å². The molecule has 0 saturated heterocycles. The molecule has 1 unspecified atom stereocenters. The predicted octanol–water partition coefficient (Wildman–Crippen LogP) is 1.66. The number of nitrogens with one attached hydrogen (secondary N) is 1.